The lowest BCUT2D eigenvalue weighted by Crippen LogP contribution is -2.38. The van der Waals surface area contributed by atoms with Crippen molar-refractivity contribution in [3.05, 3.63) is 29.8 Å². The topological polar surface area (TPSA) is 53.0 Å². The summed E-state index contributed by atoms with van der Waals surface area (Å²) in [6.45, 7) is 1.04. The van der Waals surface area contributed by atoms with E-state index >= 15 is 0 Å². The standard InChI is InChI=1S/C16H24N2O3/c1-17(2)14-10-18(11-15(14)19)16(20)9-6-12-4-7-13(21-3)8-5-12/h4-5,7-8,14-15,19H,6,9-11H2,1-3H3/t14-,15-/m0/s1. The molecule has 5 nitrogen and oxygen atoms in total. The van der Waals surface area contributed by atoms with Crippen LogP contribution in [0.25, 0.3) is 0 Å². The largest absolute Gasteiger partial charge is 0.497 e. The Morgan fingerprint density at radius 3 is 2.52 bits per heavy atom. The van der Waals surface area contributed by atoms with Crippen molar-refractivity contribution in [1.29, 1.82) is 0 Å². The molecule has 1 aliphatic heterocycles. The molecule has 0 aliphatic carbocycles. The van der Waals surface area contributed by atoms with Crippen molar-refractivity contribution in [2.75, 3.05) is 34.3 Å². The van der Waals surface area contributed by atoms with E-state index in [9.17, 15) is 9.90 Å². The highest BCUT2D eigenvalue weighted by Gasteiger charge is 2.34. The number of nitrogens with zero attached hydrogens (tertiary/aromatic N) is 2. The molecule has 21 heavy (non-hydrogen) atoms. The molecule has 5 heteroatoms. The molecule has 1 heterocycles. The van der Waals surface area contributed by atoms with E-state index in [1.54, 1.807) is 12.0 Å². The Hall–Kier alpha value is -1.59. The van der Waals surface area contributed by atoms with Crippen LogP contribution in [-0.2, 0) is 11.2 Å². The Balaban J connectivity index is 1.84. The van der Waals surface area contributed by atoms with E-state index in [2.05, 4.69) is 0 Å². The second-order valence-corrected chi connectivity index (χ2v) is 5.75. The average molecular weight is 292 g/mol. The lowest BCUT2D eigenvalue weighted by molar-refractivity contribution is -0.130. The number of aliphatic hydroxyl groups is 1. The maximum Gasteiger partial charge on any atom is 0.223 e. The average Bonchev–Trinajstić information content (AvgIpc) is 2.87. The van der Waals surface area contributed by atoms with E-state index in [0.717, 1.165) is 11.3 Å². The van der Waals surface area contributed by atoms with Gasteiger partial charge in [-0.1, -0.05) is 12.1 Å². The van der Waals surface area contributed by atoms with E-state index in [4.69, 9.17) is 4.74 Å². The van der Waals surface area contributed by atoms with Gasteiger partial charge >= 0.3 is 0 Å². The number of carbonyl (C=O) groups excluding carboxylic acids is 1. The molecule has 116 valence electrons. The Morgan fingerprint density at radius 2 is 2.00 bits per heavy atom. The molecule has 0 aromatic heterocycles. The molecule has 1 aromatic rings. The molecular formula is C16H24N2O3. The molecule has 1 N–H and O–H groups in total. The number of likely N-dealkylation sites (N-methyl/N-ethyl adjacent to an activating group) is 1. The minimum absolute atomic E-state index is 0.0370. The highest BCUT2D eigenvalue weighted by Crippen LogP contribution is 2.17. The summed E-state index contributed by atoms with van der Waals surface area (Å²) in [6.07, 6.45) is 0.728. The molecule has 0 saturated carbocycles. The van der Waals surface area contributed by atoms with Gasteiger partial charge in [0.05, 0.1) is 19.3 Å². The molecule has 0 bridgehead atoms. The monoisotopic (exact) mass is 292 g/mol. The maximum atomic E-state index is 12.2. The third kappa shape index (κ3) is 3.95. The van der Waals surface area contributed by atoms with Gasteiger partial charge in [0.1, 0.15) is 5.75 Å². The van der Waals surface area contributed by atoms with Crippen molar-refractivity contribution in [2.24, 2.45) is 0 Å². The SMILES string of the molecule is COc1ccc(CCC(=O)N2C[C@H](O)[C@@H](N(C)C)C2)cc1. The highest BCUT2D eigenvalue weighted by atomic mass is 16.5. The molecule has 2 atom stereocenters. The summed E-state index contributed by atoms with van der Waals surface area (Å²) in [5.74, 6) is 0.927. The van der Waals surface area contributed by atoms with Crippen molar-refractivity contribution in [1.82, 2.24) is 9.80 Å². The third-order valence-electron chi connectivity index (χ3n) is 4.06. The quantitative estimate of drug-likeness (QED) is 0.870. The summed E-state index contributed by atoms with van der Waals surface area (Å²) in [5, 5.41) is 9.97. The predicted octanol–water partition coefficient (Wildman–Crippen LogP) is 0.761. The van der Waals surface area contributed by atoms with Crippen LogP contribution in [0.2, 0.25) is 0 Å². The summed E-state index contributed by atoms with van der Waals surface area (Å²) in [4.78, 5) is 16.0. The fourth-order valence-electron chi connectivity index (χ4n) is 2.68. The zero-order chi connectivity index (χ0) is 15.4. The van der Waals surface area contributed by atoms with E-state index in [1.807, 2.05) is 43.3 Å². The van der Waals surface area contributed by atoms with Gasteiger partial charge in [-0.3, -0.25) is 4.79 Å². The molecule has 1 amide bonds. The summed E-state index contributed by atoms with van der Waals surface area (Å²) < 4.78 is 5.11. The number of ether oxygens (including phenoxy) is 1. The van der Waals surface area contributed by atoms with Gasteiger partial charge in [0, 0.05) is 19.5 Å². The number of aliphatic hydroxyl groups excluding tert-OH is 1. The van der Waals surface area contributed by atoms with Gasteiger partial charge in [0.2, 0.25) is 5.91 Å². The maximum absolute atomic E-state index is 12.2. The summed E-state index contributed by atoms with van der Waals surface area (Å²) in [5.41, 5.74) is 1.12. The van der Waals surface area contributed by atoms with Gasteiger partial charge in [-0.15, -0.1) is 0 Å². The first-order chi connectivity index (χ1) is 10.0. The first kappa shape index (κ1) is 15.8. The van der Waals surface area contributed by atoms with E-state index in [-0.39, 0.29) is 11.9 Å². The van der Waals surface area contributed by atoms with Gasteiger partial charge in [-0.2, -0.15) is 0 Å². The molecule has 1 fully saturated rings. The third-order valence-corrected chi connectivity index (χ3v) is 4.06. The lowest BCUT2D eigenvalue weighted by atomic mass is 10.1. The number of likely N-dealkylation sites (tertiary alicyclic amines) is 1. The minimum atomic E-state index is -0.454. The molecule has 0 radical (unpaired) electrons. The van der Waals surface area contributed by atoms with Crippen molar-refractivity contribution in [2.45, 2.75) is 25.0 Å². The zero-order valence-corrected chi connectivity index (χ0v) is 13.0. The van der Waals surface area contributed by atoms with Crippen LogP contribution in [-0.4, -0.2) is 67.3 Å². The number of carbonyl (C=O) groups is 1. The predicted molar refractivity (Wildman–Crippen MR) is 81.4 cm³/mol. The van der Waals surface area contributed by atoms with Crippen molar-refractivity contribution >= 4 is 5.91 Å². The van der Waals surface area contributed by atoms with Crippen LogP contribution in [0.3, 0.4) is 0 Å². The molecule has 1 saturated heterocycles. The number of methoxy groups -OCH3 is 1. The molecule has 1 aliphatic rings. The van der Waals surface area contributed by atoms with E-state index < -0.39 is 6.10 Å². The van der Waals surface area contributed by atoms with Gasteiger partial charge < -0.3 is 19.6 Å². The molecule has 0 unspecified atom stereocenters. The van der Waals surface area contributed by atoms with Crippen LogP contribution in [0.5, 0.6) is 5.75 Å². The summed E-state index contributed by atoms with van der Waals surface area (Å²) in [7, 11) is 5.50. The fraction of sp³-hybridized carbons (Fsp3) is 0.562. The van der Waals surface area contributed by atoms with Gasteiger partial charge in [-0.25, -0.2) is 0 Å². The van der Waals surface area contributed by atoms with Crippen LogP contribution in [0.15, 0.2) is 24.3 Å². The molecule has 1 aromatic carbocycles. The van der Waals surface area contributed by atoms with Crippen LogP contribution >= 0.6 is 0 Å². The summed E-state index contributed by atoms with van der Waals surface area (Å²) in [6, 6.07) is 7.80. The Bertz CT molecular complexity index is 473. The number of β-amino-alcohol motifs (C(OH)–C–C–N with tert-alkyl or cyclic N) is 1. The number of benzene rings is 1. The van der Waals surface area contributed by atoms with E-state index in [1.165, 1.54) is 0 Å². The highest BCUT2D eigenvalue weighted by molar-refractivity contribution is 5.77. The number of amides is 1. The van der Waals surface area contributed by atoms with Crippen LogP contribution in [0, 0.1) is 0 Å². The molecular weight excluding hydrogens is 268 g/mol. The lowest BCUT2D eigenvalue weighted by Gasteiger charge is -2.21. The molecule has 0 spiro atoms. The van der Waals surface area contributed by atoms with E-state index in [0.29, 0.717) is 25.9 Å². The number of aryl methyl sites for hydroxylation is 1. The number of rotatable bonds is 5. The minimum Gasteiger partial charge on any atom is -0.497 e. The summed E-state index contributed by atoms with van der Waals surface area (Å²) >= 11 is 0. The first-order valence-electron chi connectivity index (χ1n) is 7.26. The zero-order valence-electron chi connectivity index (χ0n) is 13.0. The van der Waals surface area contributed by atoms with Crippen LogP contribution in [0.4, 0.5) is 0 Å². The Labute approximate surface area is 126 Å². The first-order valence-corrected chi connectivity index (χ1v) is 7.26. The van der Waals surface area contributed by atoms with Gasteiger partial charge in [0.25, 0.3) is 0 Å². The Morgan fingerprint density at radius 1 is 1.33 bits per heavy atom. The normalized spacial score (nSPS) is 21.9. The number of hydrogen-bond acceptors (Lipinski definition) is 4. The smallest absolute Gasteiger partial charge is 0.223 e. The fourth-order valence-corrected chi connectivity index (χ4v) is 2.68. The Kier molecular flexibility index (Phi) is 5.20. The van der Waals surface area contributed by atoms with Crippen LogP contribution < -0.4 is 4.74 Å². The van der Waals surface area contributed by atoms with Crippen molar-refractivity contribution in [3.63, 3.8) is 0 Å². The van der Waals surface area contributed by atoms with Gasteiger partial charge in [-0.05, 0) is 38.2 Å². The second kappa shape index (κ2) is 6.91. The number of hydrogen-bond donors (Lipinski definition) is 1. The van der Waals surface area contributed by atoms with Crippen molar-refractivity contribution < 1.29 is 14.6 Å². The van der Waals surface area contributed by atoms with Crippen LogP contribution in [0.1, 0.15) is 12.0 Å². The van der Waals surface area contributed by atoms with Gasteiger partial charge in [0.15, 0.2) is 0 Å². The second-order valence-electron chi connectivity index (χ2n) is 5.75. The van der Waals surface area contributed by atoms with Crippen molar-refractivity contribution in [3.8, 4) is 5.75 Å². The molecule has 2 rings (SSSR count).